The Hall–Kier alpha value is -2.21. The topological polar surface area (TPSA) is 71.1 Å². The minimum atomic E-state index is -0.576. The normalized spacial score (nSPS) is 11.8. The largest absolute Gasteiger partial charge is 0.345 e. The highest BCUT2D eigenvalue weighted by Crippen LogP contribution is 2.24. The van der Waals surface area contributed by atoms with Crippen LogP contribution in [0, 0.1) is 6.92 Å². The van der Waals surface area contributed by atoms with Crippen molar-refractivity contribution in [3.05, 3.63) is 34.7 Å². The average molecular weight is 303 g/mol. The number of hydrogen-bond acceptors (Lipinski definition) is 4. The minimum absolute atomic E-state index is 0.232. The Kier molecular flexibility index (Phi) is 4.70. The highest BCUT2D eigenvalue weighted by Gasteiger charge is 2.14. The van der Waals surface area contributed by atoms with Crippen LogP contribution in [0.25, 0.3) is 11.3 Å². The van der Waals surface area contributed by atoms with E-state index in [0.29, 0.717) is 5.69 Å². The first-order valence-electron chi connectivity index (χ1n) is 6.56. The second kappa shape index (κ2) is 6.49. The lowest BCUT2D eigenvalue weighted by Gasteiger charge is -2.13. The van der Waals surface area contributed by atoms with Crippen LogP contribution < -0.4 is 10.6 Å². The summed E-state index contributed by atoms with van der Waals surface area (Å²) in [5.74, 6) is -0.485. The third kappa shape index (κ3) is 4.13. The van der Waals surface area contributed by atoms with E-state index in [1.165, 1.54) is 6.92 Å². The second-order valence-corrected chi connectivity index (χ2v) is 5.81. The highest BCUT2D eigenvalue weighted by molar-refractivity contribution is 7.09. The molecule has 21 heavy (non-hydrogen) atoms. The Morgan fingerprint density at radius 3 is 2.71 bits per heavy atom. The average Bonchev–Trinajstić information content (AvgIpc) is 2.85. The van der Waals surface area contributed by atoms with Gasteiger partial charge in [0.25, 0.3) is 0 Å². The second-order valence-electron chi connectivity index (χ2n) is 4.74. The molecule has 5 nitrogen and oxygen atoms in total. The number of nitrogens with zero attached hydrogens (tertiary/aromatic N) is 1. The van der Waals surface area contributed by atoms with Gasteiger partial charge in [-0.05, 0) is 26.0 Å². The number of nitrogens with one attached hydrogen (secondary N) is 2. The molecule has 2 rings (SSSR count). The van der Waals surface area contributed by atoms with E-state index in [2.05, 4.69) is 15.6 Å². The van der Waals surface area contributed by atoms with Crippen LogP contribution in [-0.2, 0) is 9.59 Å². The predicted octanol–water partition coefficient (Wildman–Crippen LogP) is 2.58. The number of aromatic nitrogens is 1. The third-order valence-electron chi connectivity index (χ3n) is 2.86. The summed E-state index contributed by atoms with van der Waals surface area (Å²) in [7, 11) is 0. The molecule has 0 bridgehead atoms. The van der Waals surface area contributed by atoms with Crippen molar-refractivity contribution in [3.63, 3.8) is 0 Å². The van der Waals surface area contributed by atoms with Crippen LogP contribution in [0.1, 0.15) is 18.9 Å². The van der Waals surface area contributed by atoms with Gasteiger partial charge in [0.15, 0.2) is 0 Å². The van der Waals surface area contributed by atoms with Crippen molar-refractivity contribution in [2.45, 2.75) is 26.8 Å². The molecule has 1 aromatic heterocycles. The van der Waals surface area contributed by atoms with Crippen molar-refractivity contribution >= 4 is 28.8 Å². The fourth-order valence-corrected chi connectivity index (χ4v) is 2.50. The monoisotopic (exact) mass is 303 g/mol. The molecule has 0 aliphatic carbocycles. The lowest BCUT2D eigenvalue weighted by molar-refractivity contribution is -0.124. The van der Waals surface area contributed by atoms with E-state index in [0.717, 1.165) is 16.3 Å². The Bertz CT molecular complexity index is 666. The summed E-state index contributed by atoms with van der Waals surface area (Å²) in [5.41, 5.74) is 2.52. The SMILES string of the molecule is CC(=O)NC(C)C(=O)Nc1cccc(-c2csc(C)n2)c1. The maximum absolute atomic E-state index is 12.0. The van der Waals surface area contributed by atoms with Gasteiger partial charge in [0.2, 0.25) is 11.8 Å². The summed E-state index contributed by atoms with van der Waals surface area (Å²) in [4.78, 5) is 27.3. The molecule has 0 spiro atoms. The fourth-order valence-electron chi connectivity index (χ4n) is 1.87. The van der Waals surface area contributed by atoms with Crippen LogP contribution in [0.5, 0.6) is 0 Å². The zero-order chi connectivity index (χ0) is 15.4. The van der Waals surface area contributed by atoms with Gasteiger partial charge in [-0.3, -0.25) is 9.59 Å². The zero-order valence-corrected chi connectivity index (χ0v) is 13.0. The summed E-state index contributed by atoms with van der Waals surface area (Å²) in [6, 6.07) is 6.91. The molecule has 1 heterocycles. The van der Waals surface area contributed by atoms with Crippen molar-refractivity contribution in [1.82, 2.24) is 10.3 Å². The first kappa shape index (κ1) is 15.2. The molecule has 0 saturated heterocycles. The number of thiazole rings is 1. The Morgan fingerprint density at radius 1 is 1.33 bits per heavy atom. The molecule has 0 radical (unpaired) electrons. The number of benzene rings is 1. The quantitative estimate of drug-likeness (QED) is 0.912. The molecule has 0 aliphatic rings. The zero-order valence-electron chi connectivity index (χ0n) is 12.1. The van der Waals surface area contributed by atoms with Crippen molar-refractivity contribution in [2.24, 2.45) is 0 Å². The van der Waals surface area contributed by atoms with Crippen LogP contribution in [0.3, 0.4) is 0 Å². The van der Waals surface area contributed by atoms with Gasteiger partial charge in [-0.25, -0.2) is 4.98 Å². The highest BCUT2D eigenvalue weighted by atomic mass is 32.1. The number of rotatable bonds is 4. The van der Waals surface area contributed by atoms with E-state index in [-0.39, 0.29) is 11.8 Å². The van der Waals surface area contributed by atoms with E-state index in [1.807, 2.05) is 30.5 Å². The van der Waals surface area contributed by atoms with Gasteiger partial charge in [-0.1, -0.05) is 12.1 Å². The molecular formula is C15H17N3O2S. The Balaban J connectivity index is 2.11. The predicted molar refractivity (Wildman–Crippen MR) is 84.2 cm³/mol. The lowest BCUT2D eigenvalue weighted by atomic mass is 10.1. The first-order valence-corrected chi connectivity index (χ1v) is 7.44. The molecule has 2 aromatic rings. The van der Waals surface area contributed by atoms with Crippen molar-refractivity contribution in [2.75, 3.05) is 5.32 Å². The van der Waals surface area contributed by atoms with Gasteiger partial charge in [0, 0.05) is 23.6 Å². The summed E-state index contributed by atoms with van der Waals surface area (Å²) in [5, 5.41) is 8.32. The van der Waals surface area contributed by atoms with Crippen molar-refractivity contribution in [1.29, 1.82) is 0 Å². The maximum Gasteiger partial charge on any atom is 0.246 e. The van der Waals surface area contributed by atoms with Crippen LogP contribution in [-0.4, -0.2) is 22.8 Å². The molecule has 2 N–H and O–H groups in total. The Labute approximate surface area is 127 Å². The molecule has 1 aromatic carbocycles. The number of anilines is 1. The van der Waals surface area contributed by atoms with Gasteiger partial charge in [0.1, 0.15) is 6.04 Å². The third-order valence-corrected chi connectivity index (χ3v) is 3.63. The number of carbonyl (C=O) groups excluding carboxylic acids is 2. The van der Waals surface area contributed by atoms with E-state index >= 15 is 0 Å². The summed E-state index contributed by atoms with van der Waals surface area (Å²) in [6.45, 7) is 4.98. The van der Waals surface area contributed by atoms with Gasteiger partial charge in [-0.15, -0.1) is 11.3 Å². The van der Waals surface area contributed by atoms with E-state index in [9.17, 15) is 9.59 Å². The van der Waals surface area contributed by atoms with Gasteiger partial charge < -0.3 is 10.6 Å². The molecule has 0 saturated carbocycles. The molecule has 110 valence electrons. The van der Waals surface area contributed by atoms with Crippen LogP contribution >= 0.6 is 11.3 Å². The number of carbonyl (C=O) groups is 2. The fraction of sp³-hybridized carbons (Fsp3) is 0.267. The smallest absolute Gasteiger partial charge is 0.246 e. The summed E-state index contributed by atoms with van der Waals surface area (Å²) in [6.07, 6.45) is 0. The maximum atomic E-state index is 12.0. The molecule has 0 fully saturated rings. The van der Waals surface area contributed by atoms with Gasteiger partial charge >= 0.3 is 0 Å². The summed E-state index contributed by atoms with van der Waals surface area (Å²) >= 11 is 1.58. The van der Waals surface area contributed by atoms with E-state index < -0.39 is 6.04 Å². The molecular weight excluding hydrogens is 286 g/mol. The van der Waals surface area contributed by atoms with Gasteiger partial charge in [0.05, 0.1) is 10.7 Å². The van der Waals surface area contributed by atoms with E-state index in [1.54, 1.807) is 24.3 Å². The van der Waals surface area contributed by atoms with E-state index in [4.69, 9.17) is 0 Å². The summed E-state index contributed by atoms with van der Waals surface area (Å²) < 4.78 is 0. The molecule has 6 heteroatoms. The molecule has 2 amide bonds. The van der Waals surface area contributed by atoms with Crippen LogP contribution in [0.15, 0.2) is 29.6 Å². The first-order chi connectivity index (χ1) is 9.95. The molecule has 1 unspecified atom stereocenters. The number of hydrogen-bond donors (Lipinski definition) is 2. The van der Waals surface area contributed by atoms with Gasteiger partial charge in [-0.2, -0.15) is 0 Å². The number of amides is 2. The number of aryl methyl sites for hydroxylation is 1. The lowest BCUT2D eigenvalue weighted by Crippen LogP contribution is -2.40. The molecule has 1 atom stereocenters. The minimum Gasteiger partial charge on any atom is -0.345 e. The standard InChI is InChI=1S/C15H17N3O2S/c1-9(16-10(2)19)15(20)18-13-6-4-5-12(7-13)14-8-21-11(3)17-14/h4-9H,1-3H3,(H,16,19)(H,18,20). The Morgan fingerprint density at radius 2 is 2.10 bits per heavy atom. The van der Waals surface area contributed by atoms with Crippen LogP contribution in [0.2, 0.25) is 0 Å². The van der Waals surface area contributed by atoms with Crippen LogP contribution in [0.4, 0.5) is 5.69 Å². The van der Waals surface area contributed by atoms with Crippen molar-refractivity contribution < 1.29 is 9.59 Å². The van der Waals surface area contributed by atoms with Crippen molar-refractivity contribution in [3.8, 4) is 11.3 Å². The molecule has 0 aliphatic heterocycles.